The van der Waals surface area contributed by atoms with Crippen molar-refractivity contribution < 1.29 is 14.6 Å². The first-order chi connectivity index (χ1) is 8.70. The van der Waals surface area contributed by atoms with Gasteiger partial charge in [0.15, 0.2) is 0 Å². The molecule has 0 aliphatic carbocycles. The summed E-state index contributed by atoms with van der Waals surface area (Å²) in [6.07, 6.45) is 0.635. The summed E-state index contributed by atoms with van der Waals surface area (Å²) in [5, 5.41) is 8.65. The molecule has 1 aromatic heterocycles. The van der Waals surface area contributed by atoms with Gasteiger partial charge in [0.05, 0.1) is 13.5 Å². The fourth-order valence-corrected chi connectivity index (χ4v) is 1.85. The Labute approximate surface area is 105 Å². The van der Waals surface area contributed by atoms with Crippen LogP contribution in [0.3, 0.4) is 0 Å². The Morgan fingerprint density at radius 1 is 1.28 bits per heavy atom. The number of ether oxygens (including phenoxy) is 1. The summed E-state index contributed by atoms with van der Waals surface area (Å²) in [5.41, 5.74) is 2.83. The van der Waals surface area contributed by atoms with Gasteiger partial charge >= 0.3 is 5.97 Å². The zero-order valence-corrected chi connectivity index (χ0v) is 10.1. The number of para-hydroxylation sites is 1. The summed E-state index contributed by atoms with van der Waals surface area (Å²) >= 11 is 0. The van der Waals surface area contributed by atoms with E-state index < -0.39 is 5.97 Å². The minimum atomic E-state index is -0.788. The zero-order valence-electron chi connectivity index (χ0n) is 10.1. The van der Waals surface area contributed by atoms with Crippen LogP contribution in [0.1, 0.15) is 12.1 Å². The molecule has 1 heterocycles. The van der Waals surface area contributed by atoms with Gasteiger partial charge in [-0.2, -0.15) is 0 Å². The van der Waals surface area contributed by atoms with Crippen molar-refractivity contribution in [3.05, 3.63) is 42.1 Å². The van der Waals surface area contributed by atoms with Crippen LogP contribution >= 0.6 is 0 Å². The quantitative estimate of drug-likeness (QED) is 0.851. The van der Waals surface area contributed by atoms with E-state index in [9.17, 15) is 4.79 Å². The Bertz CT molecular complexity index is 545. The number of benzene rings is 1. The van der Waals surface area contributed by atoms with E-state index in [1.54, 1.807) is 7.11 Å². The van der Waals surface area contributed by atoms with Crippen molar-refractivity contribution >= 4 is 5.97 Å². The average Bonchev–Trinajstić information content (AvgIpc) is 2.85. The third kappa shape index (κ3) is 2.71. The molecule has 0 bridgehead atoms. The molecule has 0 saturated heterocycles. The van der Waals surface area contributed by atoms with Gasteiger partial charge in [-0.1, -0.05) is 12.1 Å². The van der Waals surface area contributed by atoms with Crippen molar-refractivity contribution in [2.45, 2.75) is 12.8 Å². The van der Waals surface area contributed by atoms with Gasteiger partial charge in [0.25, 0.3) is 0 Å². The summed E-state index contributed by atoms with van der Waals surface area (Å²) in [5.74, 6) is 0.00702. The van der Waals surface area contributed by atoms with E-state index in [0.717, 1.165) is 22.7 Å². The summed E-state index contributed by atoms with van der Waals surface area (Å²) in [7, 11) is 1.63. The topological polar surface area (TPSA) is 62.3 Å². The first-order valence-electron chi connectivity index (χ1n) is 5.74. The molecule has 0 unspecified atom stereocenters. The zero-order chi connectivity index (χ0) is 13.0. The number of aliphatic carboxylic acids is 1. The molecule has 4 heteroatoms. The fraction of sp³-hybridized carbons (Fsp3) is 0.214. The lowest BCUT2D eigenvalue weighted by Crippen LogP contribution is -1.97. The van der Waals surface area contributed by atoms with Crippen LogP contribution in [0.25, 0.3) is 11.3 Å². The lowest BCUT2D eigenvalue weighted by atomic mass is 10.1. The Balaban J connectivity index is 2.21. The fourth-order valence-electron chi connectivity index (χ4n) is 1.85. The van der Waals surface area contributed by atoms with Crippen molar-refractivity contribution in [3.8, 4) is 17.0 Å². The van der Waals surface area contributed by atoms with E-state index in [-0.39, 0.29) is 6.42 Å². The molecule has 0 amide bonds. The predicted molar refractivity (Wildman–Crippen MR) is 68.7 cm³/mol. The van der Waals surface area contributed by atoms with E-state index in [2.05, 4.69) is 4.98 Å². The molecule has 0 radical (unpaired) electrons. The van der Waals surface area contributed by atoms with Crippen LogP contribution in [-0.2, 0) is 11.2 Å². The van der Waals surface area contributed by atoms with Crippen LogP contribution < -0.4 is 4.74 Å². The van der Waals surface area contributed by atoms with Crippen molar-refractivity contribution in [2.24, 2.45) is 0 Å². The van der Waals surface area contributed by atoms with Crippen LogP contribution in [0.4, 0.5) is 0 Å². The Kier molecular flexibility index (Phi) is 3.67. The summed E-state index contributed by atoms with van der Waals surface area (Å²) in [6.45, 7) is 0. The van der Waals surface area contributed by atoms with Crippen molar-refractivity contribution in [3.63, 3.8) is 0 Å². The molecular weight excluding hydrogens is 230 g/mol. The highest BCUT2D eigenvalue weighted by atomic mass is 16.5. The molecule has 1 aromatic carbocycles. The second kappa shape index (κ2) is 5.40. The van der Waals surface area contributed by atoms with Crippen LogP contribution in [0.5, 0.6) is 5.75 Å². The molecule has 94 valence electrons. The van der Waals surface area contributed by atoms with Crippen molar-refractivity contribution in [2.75, 3.05) is 7.11 Å². The smallest absolute Gasteiger partial charge is 0.303 e. The highest BCUT2D eigenvalue weighted by Gasteiger charge is 2.07. The van der Waals surface area contributed by atoms with E-state index in [1.807, 2.05) is 36.4 Å². The normalized spacial score (nSPS) is 10.3. The van der Waals surface area contributed by atoms with E-state index in [1.165, 1.54) is 0 Å². The molecule has 0 atom stereocenters. The number of H-pyrrole nitrogens is 1. The first kappa shape index (κ1) is 12.2. The monoisotopic (exact) mass is 245 g/mol. The third-order valence-corrected chi connectivity index (χ3v) is 2.75. The van der Waals surface area contributed by atoms with E-state index >= 15 is 0 Å². The van der Waals surface area contributed by atoms with E-state index in [4.69, 9.17) is 9.84 Å². The number of carboxylic acids is 1. The largest absolute Gasteiger partial charge is 0.496 e. The van der Waals surface area contributed by atoms with Crippen LogP contribution in [0.2, 0.25) is 0 Å². The highest BCUT2D eigenvalue weighted by molar-refractivity contribution is 5.68. The maximum absolute atomic E-state index is 10.5. The number of carboxylic acid groups (broad SMARTS) is 1. The van der Waals surface area contributed by atoms with Crippen LogP contribution in [0.15, 0.2) is 36.4 Å². The number of nitrogens with one attached hydrogen (secondary N) is 1. The van der Waals surface area contributed by atoms with Gasteiger partial charge in [-0.15, -0.1) is 0 Å². The molecule has 0 aliphatic rings. The van der Waals surface area contributed by atoms with Gasteiger partial charge in [0, 0.05) is 17.0 Å². The molecule has 0 spiro atoms. The average molecular weight is 245 g/mol. The standard InChI is InChI=1S/C14H15NO3/c1-18-13-5-3-2-4-11(13)12-8-6-10(15-12)7-9-14(16)17/h2-6,8,15H,7,9H2,1H3,(H,16,17). The number of hydrogen-bond acceptors (Lipinski definition) is 2. The minimum Gasteiger partial charge on any atom is -0.496 e. The molecule has 0 saturated carbocycles. The Morgan fingerprint density at radius 3 is 2.78 bits per heavy atom. The maximum atomic E-state index is 10.5. The second-order valence-corrected chi connectivity index (χ2v) is 3.99. The minimum absolute atomic E-state index is 0.131. The number of aromatic nitrogens is 1. The molecule has 0 aliphatic heterocycles. The number of hydrogen-bond donors (Lipinski definition) is 2. The molecule has 18 heavy (non-hydrogen) atoms. The van der Waals surface area contributed by atoms with Crippen molar-refractivity contribution in [1.82, 2.24) is 4.98 Å². The third-order valence-electron chi connectivity index (χ3n) is 2.75. The summed E-state index contributed by atoms with van der Waals surface area (Å²) < 4.78 is 5.29. The lowest BCUT2D eigenvalue weighted by molar-refractivity contribution is -0.136. The summed E-state index contributed by atoms with van der Waals surface area (Å²) in [4.78, 5) is 13.7. The van der Waals surface area contributed by atoms with Gasteiger partial charge in [0.2, 0.25) is 0 Å². The van der Waals surface area contributed by atoms with Gasteiger partial charge < -0.3 is 14.8 Å². The summed E-state index contributed by atoms with van der Waals surface area (Å²) in [6, 6.07) is 11.6. The molecular formula is C14H15NO3. The Morgan fingerprint density at radius 2 is 2.06 bits per heavy atom. The number of carbonyl (C=O) groups is 1. The molecule has 2 N–H and O–H groups in total. The highest BCUT2D eigenvalue weighted by Crippen LogP contribution is 2.28. The number of aryl methyl sites for hydroxylation is 1. The van der Waals surface area contributed by atoms with Crippen LogP contribution in [-0.4, -0.2) is 23.2 Å². The predicted octanol–water partition coefficient (Wildman–Crippen LogP) is 2.71. The first-order valence-corrected chi connectivity index (χ1v) is 5.74. The molecule has 0 fully saturated rings. The van der Waals surface area contributed by atoms with Gasteiger partial charge in [-0.3, -0.25) is 4.79 Å². The number of aromatic amines is 1. The van der Waals surface area contributed by atoms with Gasteiger partial charge in [-0.05, 0) is 30.7 Å². The van der Waals surface area contributed by atoms with Crippen molar-refractivity contribution in [1.29, 1.82) is 0 Å². The molecule has 2 rings (SSSR count). The number of rotatable bonds is 5. The number of methoxy groups -OCH3 is 1. The second-order valence-electron chi connectivity index (χ2n) is 3.99. The lowest BCUT2D eigenvalue weighted by Gasteiger charge is -2.06. The Hall–Kier alpha value is -2.23. The van der Waals surface area contributed by atoms with Crippen LogP contribution in [0, 0.1) is 0 Å². The SMILES string of the molecule is COc1ccccc1-c1ccc(CCC(=O)O)[nH]1. The van der Waals surface area contributed by atoms with E-state index in [0.29, 0.717) is 6.42 Å². The van der Waals surface area contributed by atoms with Gasteiger partial charge in [0.1, 0.15) is 5.75 Å². The van der Waals surface area contributed by atoms with Gasteiger partial charge in [-0.25, -0.2) is 0 Å². The maximum Gasteiger partial charge on any atom is 0.303 e. The molecule has 4 nitrogen and oxygen atoms in total. The molecule has 2 aromatic rings.